The van der Waals surface area contributed by atoms with Gasteiger partial charge in [0.25, 0.3) is 0 Å². The second kappa shape index (κ2) is 11.2. The molecule has 0 amide bonds. The van der Waals surface area contributed by atoms with Crippen LogP contribution in [-0.4, -0.2) is 29.2 Å². The van der Waals surface area contributed by atoms with E-state index in [1.165, 1.54) is 26.1 Å². The Morgan fingerprint density at radius 2 is 1.19 bits per heavy atom. The van der Waals surface area contributed by atoms with Crippen LogP contribution in [-0.2, 0) is 0 Å². The van der Waals surface area contributed by atoms with Crippen molar-refractivity contribution < 1.29 is 0 Å². The van der Waals surface area contributed by atoms with Crippen LogP contribution in [0.5, 0.6) is 0 Å². The molecule has 0 aliphatic carbocycles. The van der Waals surface area contributed by atoms with E-state index in [4.69, 9.17) is 15.0 Å². The van der Waals surface area contributed by atoms with E-state index < -0.39 is 8.07 Å². The van der Waals surface area contributed by atoms with Gasteiger partial charge in [0.1, 0.15) is 17.0 Å². The van der Waals surface area contributed by atoms with E-state index in [0.29, 0.717) is 6.54 Å². The normalized spacial score (nSPS) is 12.5. The summed E-state index contributed by atoms with van der Waals surface area (Å²) in [5.74, 6) is 0.818. The molecular weight excluding hydrogens is 589 g/mol. The maximum atomic E-state index is 5.30. The summed E-state index contributed by atoms with van der Waals surface area (Å²) in [7, 11) is -2.67. The summed E-state index contributed by atoms with van der Waals surface area (Å²) in [6, 6.07) is 56.8. The molecule has 0 N–H and O–H groups in total. The molecule has 0 fully saturated rings. The topological polar surface area (TPSA) is 43.1 Å². The number of hydrogen-bond acceptors (Lipinski definition) is 3. The fourth-order valence-electron chi connectivity index (χ4n) is 7.40. The van der Waals surface area contributed by atoms with Gasteiger partial charge < -0.3 is 0 Å². The van der Waals surface area contributed by atoms with Gasteiger partial charge in [-0.25, -0.2) is 9.97 Å². The lowest BCUT2D eigenvalue weighted by Gasteiger charge is -2.34. The summed E-state index contributed by atoms with van der Waals surface area (Å²) in [6.07, 6.45) is 4.16. The predicted molar refractivity (Wildman–Crippen MR) is 196 cm³/mol. The molecule has 9 rings (SSSR count). The van der Waals surface area contributed by atoms with E-state index >= 15 is 0 Å². The highest BCUT2D eigenvalue weighted by Gasteiger charge is 2.41. The highest BCUT2D eigenvalue weighted by Crippen LogP contribution is 2.24. The molecule has 0 spiro atoms. The maximum Gasteiger partial charge on any atom is 0.179 e. The van der Waals surface area contributed by atoms with Crippen LogP contribution < -0.4 is 31.5 Å². The van der Waals surface area contributed by atoms with Gasteiger partial charge in [0.15, 0.2) is 8.07 Å². The molecule has 0 atom stereocenters. The summed E-state index contributed by atoms with van der Waals surface area (Å²) >= 11 is 0. The highest BCUT2D eigenvalue weighted by atomic mass is 28.3. The molecule has 8 aromatic rings. The first kappa shape index (κ1) is 27.4. The molecule has 47 heavy (non-hydrogen) atoms. The van der Waals surface area contributed by atoms with E-state index in [9.17, 15) is 0 Å². The predicted octanol–water partition coefficient (Wildman–Crippen LogP) is 5.03. The van der Waals surface area contributed by atoms with Gasteiger partial charge in [-0.1, -0.05) is 152 Å². The Hall–Kier alpha value is -5.91. The molecule has 1 aliphatic rings. The fraction of sp³-hybridized carbons (Fsp3) is 0.0238. The van der Waals surface area contributed by atoms with Gasteiger partial charge in [-0.3, -0.25) is 9.56 Å². The number of fused-ring (bicyclic) bond motifs is 5. The Bertz CT molecular complexity index is 2450. The van der Waals surface area contributed by atoms with E-state index in [-0.39, 0.29) is 0 Å². The van der Waals surface area contributed by atoms with Crippen LogP contribution in [0.3, 0.4) is 0 Å². The third-order valence-corrected chi connectivity index (χ3v) is 14.2. The van der Waals surface area contributed by atoms with Gasteiger partial charge in [-0.15, -0.1) is 0 Å². The number of hydrogen-bond donors (Lipinski definition) is 0. The molecule has 0 saturated heterocycles. The van der Waals surface area contributed by atoms with Crippen molar-refractivity contribution in [2.24, 2.45) is 4.99 Å². The summed E-state index contributed by atoms with van der Waals surface area (Å²) in [5.41, 5.74) is 3.81. The van der Waals surface area contributed by atoms with Crippen molar-refractivity contribution in [3.63, 3.8) is 0 Å². The fourth-order valence-corrected chi connectivity index (χ4v) is 12.2. The number of pyridine rings is 2. The third-order valence-electron chi connectivity index (χ3n) is 9.43. The minimum atomic E-state index is -2.67. The molecule has 222 valence electrons. The Morgan fingerprint density at radius 3 is 1.89 bits per heavy atom. The second-order valence-corrected chi connectivity index (χ2v) is 15.8. The van der Waals surface area contributed by atoms with E-state index in [1.807, 2.05) is 6.20 Å². The molecule has 0 saturated carbocycles. The zero-order valence-electron chi connectivity index (χ0n) is 25.7. The van der Waals surface area contributed by atoms with Crippen LogP contribution >= 0.6 is 0 Å². The summed E-state index contributed by atoms with van der Waals surface area (Å²) in [5, 5.41) is 9.96. The average Bonchev–Trinajstić information content (AvgIpc) is 3.75. The monoisotopic (exact) mass is 618 g/mol. The largest absolute Gasteiger partial charge is 0.263 e. The minimum absolute atomic E-state index is 0.663. The van der Waals surface area contributed by atoms with Crippen LogP contribution in [0.2, 0.25) is 0 Å². The van der Waals surface area contributed by atoms with Crippen molar-refractivity contribution in [1.29, 1.82) is 0 Å². The molecule has 5 aromatic carbocycles. The van der Waals surface area contributed by atoms with Crippen LogP contribution in [0.1, 0.15) is 0 Å². The molecule has 0 unspecified atom stereocenters. The average molecular weight is 619 g/mol. The number of nitrogens with zero attached hydrogens (tertiary/aromatic N) is 4. The van der Waals surface area contributed by atoms with Gasteiger partial charge >= 0.3 is 0 Å². The Morgan fingerprint density at radius 1 is 0.574 bits per heavy atom. The molecule has 3 aromatic heterocycles. The van der Waals surface area contributed by atoms with E-state index in [0.717, 1.165) is 44.2 Å². The lowest BCUT2D eigenvalue weighted by Crippen LogP contribution is -2.74. The Kier molecular flexibility index (Phi) is 6.51. The van der Waals surface area contributed by atoms with Crippen molar-refractivity contribution in [2.75, 3.05) is 6.54 Å². The van der Waals surface area contributed by atoms with Crippen LogP contribution in [0.15, 0.2) is 169 Å². The molecule has 5 heteroatoms. The highest BCUT2D eigenvalue weighted by molar-refractivity contribution is 7.19. The van der Waals surface area contributed by atoms with E-state index in [2.05, 4.69) is 168 Å². The lowest BCUT2D eigenvalue weighted by atomic mass is 10.1. The van der Waals surface area contributed by atoms with Crippen LogP contribution in [0.4, 0.5) is 0 Å². The molecule has 1 aliphatic heterocycles. The van der Waals surface area contributed by atoms with Crippen molar-refractivity contribution in [2.45, 2.75) is 0 Å². The minimum Gasteiger partial charge on any atom is -0.263 e. The summed E-state index contributed by atoms with van der Waals surface area (Å²) in [4.78, 5) is 15.1. The zero-order valence-corrected chi connectivity index (χ0v) is 26.7. The molecule has 0 bridgehead atoms. The van der Waals surface area contributed by atoms with Gasteiger partial charge in [0.2, 0.25) is 0 Å². The Balaban J connectivity index is 1.26. The first-order chi connectivity index (χ1) is 23.3. The van der Waals surface area contributed by atoms with Gasteiger partial charge in [-0.05, 0) is 38.3 Å². The SMILES string of the molecule is C1=c2c(n(-c3cccc(-c4cccc([Si](c5ccccc5)(c5ccccc5)c5ccccc5)c4)n3)c3ncc4ccccc4c23)=NC1. The van der Waals surface area contributed by atoms with Gasteiger partial charge in [-0.2, -0.15) is 0 Å². The maximum absolute atomic E-state index is 5.30. The van der Waals surface area contributed by atoms with Crippen molar-refractivity contribution in [3.8, 4) is 17.1 Å². The van der Waals surface area contributed by atoms with Crippen LogP contribution in [0, 0.1) is 0 Å². The number of benzene rings is 5. The van der Waals surface area contributed by atoms with Crippen molar-refractivity contribution in [1.82, 2.24) is 14.5 Å². The first-order valence-corrected chi connectivity index (χ1v) is 18.0. The van der Waals surface area contributed by atoms with Crippen molar-refractivity contribution >= 4 is 56.7 Å². The Labute approximate surface area is 273 Å². The molecule has 4 heterocycles. The molecule has 4 nitrogen and oxygen atoms in total. The number of rotatable bonds is 6. The smallest absolute Gasteiger partial charge is 0.179 e. The third kappa shape index (κ3) is 4.32. The second-order valence-electron chi connectivity index (χ2n) is 12.0. The first-order valence-electron chi connectivity index (χ1n) is 16.0. The quantitative estimate of drug-likeness (QED) is 0.194. The van der Waals surface area contributed by atoms with Crippen LogP contribution in [0.25, 0.3) is 45.0 Å². The molecular formula is C42H30N4Si. The lowest BCUT2D eigenvalue weighted by molar-refractivity contribution is 0.941. The summed E-state index contributed by atoms with van der Waals surface area (Å²) < 4.78 is 2.13. The van der Waals surface area contributed by atoms with Crippen molar-refractivity contribution in [3.05, 3.63) is 175 Å². The zero-order chi connectivity index (χ0) is 31.2. The van der Waals surface area contributed by atoms with Gasteiger partial charge in [0, 0.05) is 27.8 Å². The van der Waals surface area contributed by atoms with Gasteiger partial charge in [0.05, 0.1) is 12.2 Å². The standard InChI is InChI=1S/C42H30N4Si/c1-4-16-32(17-5-1)47(33-18-6-2-7-19-33,34-20-8-3-9-21-34)35-22-12-15-30(28-35)38-24-13-25-39(45-38)46-41-37(26-27-43-41)40-36-23-11-10-14-31(36)29-44-42(40)46/h1-26,28-29H,27H2. The van der Waals surface area contributed by atoms with E-state index in [1.54, 1.807) is 0 Å². The number of aromatic nitrogens is 3. The summed E-state index contributed by atoms with van der Waals surface area (Å²) in [6.45, 7) is 0.663. The molecule has 0 radical (unpaired) electrons.